The molecule has 0 amide bonds. The second-order valence-corrected chi connectivity index (χ2v) is 9.24. The van der Waals surface area contributed by atoms with Gasteiger partial charge in [-0.25, -0.2) is 9.97 Å². The normalized spacial score (nSPS) is 20.7. The molecule has 1 N–H and O–H groups in total. The summed E-state index contributed by atoms with van der Waals surface area (Å²) in [7, 11) is 1.59. The van der Waals surface area contributed by atoms with Gasteiger partial charge in [0, 0.05) is 24.5 Å². The zero-order chi connectivity index (χ0) is 23.7. The first kappa shape index (κ1) is 23.7. The third-order valence-corrected chi connectivity index (χ3v) is 7.24. The van der Waals surface area contributed by atoms with Crippen molar-refractivity contribution in [3.05, 3.63) is 45.7 Å². The molecule has 0 radical (unpaired) electrons. The average Bonchev–Trinajstić information content (AvgIpc) is 2.87. The lowest BCUT2D eigenvalue weighted by Crippen LogP contribution is -2.56. The molecule has 2 aliphatic heterocycles. The summed E-state index contributed by atoms with van der Waals surface area (Å²) in [6.07, 6.45) is 1.43. The van der Waals surface area contributed by atoms with Crippen molar-refractivity contribution in [1.29, 1.82) is 0 Å². The van der Waals surface area contributed by atoms with Gasteiger partial charge in [0.1, 0.15) is 24.9 Å². The Morgan fingerprint density at radius 1 is 1.12 bits per heavy atom. The summed E-state index contributed by atoms with van der Waals surface area (Å²) in [5.41, 5.74) is 1.26. The molecule has 180 valence electrons. The molecule has 2 fully saturated rings. The van der Waals surface area contributed by atoms with Crippen molar-refractivity contribution in [1.82, 2.24) is 14.9 Å². The van der Waals surface area contributed by atoms with E-state index in [0.717, 1.165) is 31.7 Å². The van der Waals surface area contributed by atoms with Gasteiger partial charge in [0.2, 0.25) is 0 Å². The number of morpholine rings is 2. The molecule has 2 saturated heterocycles. The number of rotatable bonds is 6. The molecule has 2 unspecified atom stereocenters. The fourth-order valence-electron chi connectivity index (χ4n) is 4.11. The molecular formula is C23H23Cl3N4O4. The molecular weight excluding hydrogens is 503 g/mol. The zero-order valence-corrected chi connectivity index (χ0v) is 20.7. The van der Waals surface area contributed by atoms with Gasteiger partial charge in [0.05, 0.1) is 59.2 Å². The van der Waals surface area contributed by atoms with Gasteiger partial charge in [-0.05, 0) is 18.2 Å². The number of benzene rings is 2. The molecule has 2 aliphatic rings. The van der Waals surface area contributed by atoms with Crippen molar-refractivity contribution in [2.75, 3.05) is 51.9 Å². The summed E-state index contributed by atoms with van der Waals surface area (Å²) in [5.74, 6) is 1.69. The number of anilines is 2. The van der Waals surface area contributed by atoms with Crippen LogP contribution in [0.15, 0.2) is 30.6 Å². The number of fused-ring (bicyclic) bond motifs is 2. The first-order chi connectivity index (χ1) is 16.5. The van der Waals surface area contributed by atoms with E-state index in [1.54, 1.807) is 19.2 Å². The van der Waals surface area contributed by atoms with Gasteiger partial charge < -0.3 is 24.3 Å². The second kappa shape index (κ2) is 10.3. The molecule has 2 aromatic carbocycles. The maximum atomic E-state index is 6.35. The van der Waals surface area contributed by atoms with E-state index in [0.29, 0.717) is 57.8 Å². The lowest BCUT2D eigenvalue weighted by atomic mass is 10.1. The highest BCUT2D eigenvalue weighted by Crippen LogP contribution is 2.39. The lowest BCUT2D eigenvalue weighted by molar-refractivity contribution is -0.124. The maximum absolute atomic E-state index is 6.35. The highest BCUT2D eigenvalue weighted by atomic mass is 35.5. The van der Waals surface area contributed by atoms with Gasteiger partial charge in [0.15, 0.2) is 11.5 Å². The summed E-state index contributed by atoms with van der Waals surface area (Å²) in [5, 5.41) is 4.90. The summed E-state index contributed by atoms with van der Waals surface area (Å²) in [6.45, 7) is 4.25. The summed E-state index contributed by atoms with van der Waals surface area (Å²) in [6, 6.07) is 7.39. The van der Waals surface area contributed by atoms with Crippen LogP contribution in [0.5, 0.6) is 11.5 Å². The molecule has 3 aromatic rings. The minimum absolute atomic E-state index is 0.0332. The molecule has 3 heterocycles. The van der Waals surface area contributed by atoms with Gasteiger partial charge in [-0.2, -0.15) is 0 Å². The number of nitrogens with zero attached hydrogens (tertiary/aromatic N) is 3. The van der Waals surface area contributed by atoms with E-state index in [-0.39, 0.29) is 11.1 Å². The Kier molecular flexibility index (Phi) is 7.15. The molecule has 34 heavy (non-hydrogen) atoms. The smallest absolute Gasteiger partial charge is 0.163 e. The van der Waals surface area contributed by atoms with Crippen molar-refractivity contribution in [3.63, 3.8) is 0 Å². The predicted octanol–water partition coefficient (Wildman–Crippen LogP) is 4.82. The van der Waals surface area contributed by atoms with Crippen LogP contribution in [0.4, 0.5) is 11.5 Å². The number of halogens is 3. The van der Waals surface area contributed by atoms with Crippen LogP contribution in [-0.2, 0) is 9.47 Å². The number of ether oxygens (including phenoxy) is 4. The molecule has 0 saturated carbocycles. The number of hydrogen-bond donors (Lipinski definition) is 1. The van der Waals surface area contributed by atoms with Crippen molar-refractivity contribution < 1.29 is 18.9 Å². The predicted molar refractivity (Wildman–Crippen MR) is 132 cm³/mol. The standard InChI is InChI=1S/C23H23Cl3N4O4/c1-31-19-6-15-18(27-12-28-23(15)29-17-3-2-16(24)21(25)22(17)26)7-20(19)34-11-14-8-30-4-5-32-9-13(30)10-33-14/h2-3,6-7,12-14H,4-5,8-11H2,1H3,(H,27,28,29). The van der Waals surface area contributed by atoms with Crippen molar-refractivity contribution in [2.45, 2.75) is 12.1 Å². The van der Waals surface area contributed by atoms with Gasteiger partial charge in [-0.1, -0.05) is 34.8 Å². The van der Waals surface area contributed by atoms with E-state index in [4.69, 9.17) is 53.8 Å². The topological polar surface area (TPSA) is 78.0 Å². The number of hydrogen-bond acceptors (Lipinski definition) is 8. The van der Waals surface area contributed by atoms with Crippen LogP contribution in [0.3, 0.4) is 0 Å². The fraction of sp³-hybridized carbons (Fsp3) is 0.391. The Hall–Kier alpha value is -2.07. The Bertz CT molecular complexity index is 1200. The lowest BCUT2D eigenvalue weighted by Gasteiger charge is -2.41. The van der Waals surface area contributed by atoms with E-state index in [9.17, 15) is 0 Å². The number of methoxy groups -OCH3 is 1. The molecule has 8 nitrogen and oxygen atoms in total. The molecule has 11 heteroatoms. The molecule has 0 spiro atoms. The van der Waals surface area contributed by atoms with Crippen LogP contribution in [0.2, 0.25) is 15.1 Å². The van der Waals surface area contributed by atoms with Crippen LogP contribution >= 0.6 is 34.8 Å². The van der Waals surface area contributed by atoms with Crippen molar-refractivity contribution in [2.24, 2.45) is 0 Å². The molecule has 0 aliphatic carbocycles. The van der Waals surface area contributed by atoms with Crippen molar-refractivity contribution >= 4 is 57.2 Å². The summed E-state index contributed by atoms with van der Waals surface area (Å²) in [4.78, 5) is 11.2. The van der Waals surface area contributed by atoms with E-state index < -0.39 is 0 Å². The van der Waals surface area contributed by atoms with Gasteiger partial charge >= 0.3 is 0 Å². The van der Waals surface area contributed by atoms with Crippen molar-refractivity contribution in [3.8, 4) is 11.5 Å². The van der Waals surface area contributed by atoms with Gasteiger partial charge in [0.25, 0.3) is 0 Å². The average molecular weight is 526 g/mol. The van der Waals surface area contributed by atoms with E-state index in [1.807, 2.05) is 12.1 Å². The molecule has 2 atom stereocenters. The van der Waals surface area contributed by atoms with E-state index >= 15 is 0 Å². The highest BCUT2D eigenvalue weighted by molar-refractivity contribution is 6.49. The second-order valence-electron chi connectivity index (χ2n) is 8.08. The quantitative estimate of drug-likeness (QED) is 0.459. The SMILES string of the molecule is COc1cc2c(Nc3ccc(Cl)c(Cl)c3Cl)ncnc2cc1OCC1CN2CCOCC2CO1. The summed E-state index contributed by atoms with van der Waals surface area (Å²) < 4.78 is 23.2. The monoisotopic (exact) mass is 524 g/mol. The third kappa shape index (κ3) is 4.84. The Morgan fingerprint density at radius 2 is 2.00 bits per heavy atom. The molecule has 5 rings (SSSR count). The van der Waals surface area contributed by atoms with E-state index in [1.165, 1.54) is 6.33 Å². The fourth-order valence-corrected chi connectivity index (χ4v) is 4.70. The van der Waals surface area contributed by atoms with E-state index in [2.05, 4.69) is 20.2 Å². The third-order valence-electron chi connectivity index (χ3n) is 5.95. The number of nitrogens with one attached hydrogen (secondary N) is 1. The van der Waals surface area contributed by atoms with Crippen LogP contribution in [-0.4, -0.2) is 73.6 Å². The molecule has 0 bridgehead atoms. The van der Waals surface area contributed by atoms with Crippen LogP contribution in [0, 0.1) is 0 Å². The minimum atomic E-state index is -0.0332. The Labute approximate surface area is 212 Å². The highest BCUT2D eigenvalue weighted by Gasteiger charge is 2.31. The van der Waals surface area contributed by atoms with Gasteiger partial charge in [-0.15, -0.1) is 0 Å². The number of aromatic nitrogens is 2. The Morgan fingerprint density at radius 3 is 2.85 bits per heavy atom. The minimum Gasteiger partial charge on any atom is -0.493 e. The first-order valence-corrected chi connectivity index (χ1v) is 12.0. The van der Waals surface area contributed by atoms with Crippen LogP contribution < -0.4 is 14.8 Å². The van der Waals surface area contributed by atoms with Gasteiger partial charge in [-0.3, -0.25) is 4.90 Å². The maximum Gasteiger partial charge on any atom is 0.163 e. The van der Waals surface area contributed by atoms with Crippen LogP contribution in [0.25, 0.3) is 10.9 Å². The summed E-state index contributed by atoms with van der Waals surface area (Å²) >= 11 is 18.6. The first-order valence-electron chi connectivity index (χ1n) is 10.8. The largest absolute Gasteiger partial charge is 0.493 e. The zero-order valence-electron chi connectivity index (χ0n) is 18.4. The van der Waals surface area contributed by atoms with Crippen LogP contribution in [0.1, 0.15) is 0 Å². The Balaban J connectivity index is 1.36. The molecule has 1 aromatic heterocycles.